The van der Waals surface area contributed by atoms with Crippen molar-refractivity contribution in [3.05, 3.63) is 94.6 Å². The van der Waals surface area contributed by atoms with Crippen molar-refractivity contribution >= 4 is 35.6 Å². The summed E-state index contributed by atoms with van der Waals surface area (Å²) in [5.74, 6) is -1.99. The van der Waals surface area contributed by atoms with E-state index < -0.39 is 23.8 Å². The van der Waals surface area contributed by atoms with Crippen LogP contribution in [-0.2, 0) is 22.6 Å². The summed E-state index contributed by atoms with van der Waals surface area (Å²) in [7, 11) is 1.46. The third kappa shape index (κ3) is 5.35. The zero-order valence-electron chi connectivity index (χ0n) is 20.2. The summed E-state index contributed by atoms with van der Waals surface area (Å²) in [6.07, 6.45) is 2.15. The molecule has 37 heavy (non-hydrogen) atoms. The highest BCUT2D eigenvalue weighted by molar-refractivity contribution is 6.39. The van der Waals surface area contributed by atoms with Crippen molar-refractivity contribution in [3.8, 4) is 11.5 Å². The van der Waals surface area contributed by atoms with Gasteiger partial charge in [-0.15, -0.1) is 0 Å². The molecule has 3 aromatic carbocycles. The quantitative estimate of drug-likeness (QED) is 0.351. The largest absolute Gasteiger partial charge is 0.493 e. The Hall–Kier alpha value is -4.92. The van der Waals surface area contributed by atoms with Crippen LogP contribution in [0.1, 0.15) is 34.0 Å². The Morgan fingerprint density at radius 1 is 0.973 bits per heavy atom. The number of hydrogen-bond donors (Lipinski definition) is 2. The first-order chi connectivity index (χ1) is 17.8. The summed E-state index contributed by atoms with van der Waals surface area (Å²) in [5.41, 5.74) is 2.37. The maximum Gasteiger partial charge on any atom is 0.335 e. The molecule has 0 aromatic heterocycles. The zero-order chi connectivity index (χ0) is 26.5. The number of ether oxygens (including phenoxy) is 2. The van der Waals surface area contributed by atoms with Gasteiger partial charge in [0.1, 0.15) is 12.2 Å². The van der Waals surface area contributed by atoms with Gasteiger partial charge >= 0.3 is 12.0 Å². The number of hydrogen-bond acceptors (Lipinski definition) is 6. The van der Waals surface area contributed by atoms with E-state index in [0.29, 0.717) is 22.6 Å². The fourth-order valence-electron chi connectivity index (χ4n) is 3.79. The second-order valence-electron chi connectivity index (χ2n) is 8.15. The number of benzene rings is 3. The fraction of sp³-hybridized carbons (Fsp3) is 0.143. The highest BCUT2D eigenvalue weighted by Gasteiger charge is 2.37. The van der Waals surface area contributed by atoms with Crippen molar-refractivity contribution in [2.75, 3.05) is 12.0 Å². The van der Waals surface area contributed by atoms with Gasteiger partial charge in [0.2, 0.25) is 0 Å². The Labute approximate surface area is 212 Å². The number of methoxy groups -OCH3 is 1. The number of imide groups is 2. The smallest absolute Gasteiger partial charge is 0.335 e. The van der Waals surface area contributed by atoms with Crippen LogP contribution in [0.4, 0.5) is 10.5 Å². The first kappa shape index (κ1) is 25.2. The number of aryl methyl sites for hydroxylation is 1. The minimum atomic E-state index is -1.03. The van der Waals surface area contributed by atoms with Gasteiger partial charge in [-0.05, 0) is 54.0 Å². The Balaban J connectivity index is 1.66. The Morgan fingerprint density at radius 2 is 1.65 bits per heavy atom. The van der Waals surface area contributed by atoms with E-state index in [9.17, 15) is 19.2 Å². The second kappa shape index (κ2) is 10.8. The van der Waals surface area contributed by atoms with E-state index >= 15 is 0 Å². The summed E-state index contributed by atoms with van der Waals surface area (Å²) >= 11 is 0. The molecule has 1 fully saturated rings. The Kier molecular flexibility index (Phi) is 7.34. The monoisotopic (exact) mass is 500 g/mol. The van der Waals surface area contributed by atoms with Crippen molar-refractivity contribution in [1.82, 2.24) is 5.32 Å². The van der Waals surface area contributed by atoms with Gasteiger partial charge < -0.3 is 14.6 Å². The van der Waals surface area contributed by atoms with Crippen LogP contribution < -0.4 is 19.7 Å². The molecule has 1 aliphatic rings. The molecule has 3 aromatic rings. The number of urea groups is 1. The summed E-state index contributed by atoms with van der Waals surface area (Å²) in [5, 5.41) is 11.3. The van der Waals surface area contributed by atoms with E-state index in [4.69, 9.17) is 14.6 Å². The molecule has 4 rings (SSSR count). The van der Waals surface area contributed by atoms with Crippen LogP contribution >= 0.6 is 0 Å². The number of carbonyl (C=O) groups excluding carboxylic acids is 3. The molecule has 0 radical (unpaired) electrons. The predicted molar refractivity (Wildman–Crippen MR) is 136 cm³/mol. The third-order valence-corrected chi connectivity index (χ3v) is 5.82. The minimum absolute atomic E-state index is 0.0744. The van der Waals surface area contributed by atoms with E-state index in [2.05, 4.69) is 5.32 Å². The SMILES string of the molecule is CCc1ccc(N2C(=O)NC(=O)/C(=C\c3cccc(OC)c3OCc3ccc(C(=O)O)cc3)C2=O)cc1. The molecule has 0 spiro atoms. The maximum atomic E-state index is 13.3. The predicted octanol–water partition coefficient (Wildman–Crippen LogP) is 4.20. The molecule has 9 heteroatoms. The zero-order valence-corrected chi connectivity index (χ0v) is 20.2. The van der Waals surface area contributed by atoms with E-state index in [-0.39, 0.29) is 23.5 Å². The third-order valence-electron chi connectivity index (χ3n) is 5.82. The number of aromatic carboxylic acids is 1. The van der Waals surface area contributed by atoms with Crippen molar-refractivity contribution < 1.29 is 33.8 Å². The van der Waals surface area contributed by atoms with Gasteiger partial charge in [-0.1, -0.05) is 43.3 Å². The number of para-hydroxylation sites is 1. The Bertz CT molecular complexity index is 1390. The molecule has 0 bridgehead atoms. The first-order valence-corrected chi connectivity index (χ1v) is 11.4. The van der Waals surface area contributed by atoms with Gasteiger partial charge in [0.05, 0.1) is 18.4 Å². The number of carbonyl (C=O) groups is 4. The number of amides is 4. The lowest BCUT2D eigenvalue weighted by Gasteiger charge is -2.26. The number of carboxylic acids is 1. The molecule has 0 unspecified atom stereocenters. The number of nitrogens with one attached hydrogen (secondary N) is 1. The van der Waals surface area contributed by atoms with E-state index in [1.807, 2.05) is 19.1 Å². The molecule has 0 aliphatic carbocycles. The van der Waals surface area contributed by atoms with Crippen LogP contribution in [0.15, 0.2) is 72.3 Å². The lowest BCUT2D eigenvalue weighted by Crippen LogP contribution is -2.54. The molecule has 0 atom stereocenters. The van der Waals surface area contributed by atoms with Gasteiger partial charge in [0.15, 0.2) is 11.5 Å². The van der Waals surface area contributed by atoms with Crippen LogP contribution in [0.3, 0.4) is 0 Å². The van der Waals surface area contributed by atoms with Crippen LogP contribution in [0, 0.1) is 0 Å². The van der Waals surface area contributed by atoms with Gasteiger partial charge in [-0.3, -0.25) is 14.9 Å². The summed E-state index contributed by atoms with van der Waals surface area (Å²) in [6.45, 7) is 2.07. The second-order valence-corrected chi connectivity index (χ2v) is 8.15. The van der Waals surface area contributed by atoms with Crippen LogP contribution in [0.25, 0.3) is 6.08 Å². The maximum absolute atomic E-state index is 13.3. The van der Waals surface area contributed by atoms with Gasteiger partial charge in [0.25, 0.3) is 11.8 Å². The summed E-state index contributed by atoms with van der Waals surface area (Å²) in [6, 6.07) is 17.3. The van der Waals surface area contributed by atoms with Crippen molar-refractivity contribution in [3.63, 3.8) is 0 Å². The molecule has 9 nitrogen and oxygen atoms in total. The molecular formula is C28H24N2O7. The van der Waals surface area contributed by atoms with Crippen LogP contribution in [-0.4, -0.2) is 36.0 Å². The van der Waals surface area contributed by atoms with Crippen LogP contribution in [0.5, 0.6) is 11.5 Å². The van der Waals surface area contributed by atoms with Gasteiger partial charge in [0, 0.05) is 5.56 Å². The average molecular weight is 501 g/mol. The normalized spacial score (nSPS) is 14.5. The summed E-state index contributed by atoms with van der Waals surface area (Å²) in [4.78, 5) is 50.5. The van der Waals surface area contributed by atoms with E-state index in [0.717, 1.165) is 16.9 Å². The number of nitrogens with zero attached hydrogens (tertiary/aromatic N) is 1. The fourth-order valence-corrected chi connectivity index (χ4v) is 3.79. The first-order valence-electron chi connectivity index (χ1n) is 11.4. The van der Waals surface area contributed by atoms with E-state index in [1.165, 1.54) is 25.3 Å². The highest BCUT2D eigenvalue weighted by atomic mass is 16.5. The molecule has 188 valence electrons. The van der Waals surface area contributed by atoms with Crippen molar-refractivity contribution in [1.29, 1.82) is 0 Å². The minimum Gasteiger partial charge on any atom is -0.493 e. The molecule has 0 saturated carbocycles. The molecule has 1 aliphatic heterocycles. The van der Waals surface area contributed by atoms with Crippen molar-refractivity contribution in [2.45, 2.75) is 20.0 Å². The van der Waals surface area contributed by atoms with Gasteiger partial charge in [-0.2, -0.15) is 0 Å². The van der Waals surface area contributed by atoms with E-state index in [1.54, 1.807) is 42.5 Å². The molecule has 4 amide bonds. The topological polar surface area (TPSA) is 122 Å². The number of anilines is 1. The lowest BCUT2D eigenvalue weighted by atomic mass is 10.0. The Morgan fingerprint density at radius 3 is 2.27 bits per heavy atom. The molecule has 2 N–H and O–H groups in total. The number of barbiturate groups is 1. The average Bonchev–Trinajstić information content (AvgIpc) is 2.90. The standard InChI is InChI=1S/C28H24N2O7/c1-3-17-9-13-21(14-10-17)30-26(32)22(25(31)29-28(30)35)15-20-5-4-6-23(36-2)24(20)37-16-18-7-11-19(12-8-18)27(33)34/h4-15H,3,16H2,1-2H3,(H,33,34)(H,29,31,35)/b22-15+. The highest BCUT2D eigenvalue weighted by Crippen LogP contribution is 2.34. The van der Waals surface area contributed by atoms with Crippen LogP contribution in [0.2, 0.25) is 0 Å². The van der Waals surface area contributed by atoms with Gasteiger partial charge in [-0.25, -0.2) is 14.5 Å². The molecule has 1 heterocycles. The number of carboxylic acid groups (broad SMARTS) is 1. The molecule has 1 saturated heterocycles. The number of rotatable bonds is 8. The van der Waals surface area contributed by atoms with Crippen molar-refractivity contribution in [2.24, 2.45) is 0 Å². The summed E-state index contributed by atoms with van der Waals surface area (Å²) < 4.78 is 11.4. The molecular weight excluding hydrogens is 476 g/mol. The lowest BCUT2D eigenvalue weighted by molar-refractivity contribution is -0.122.